The van der Waals surface area contributed by atoms with Gasteiger partial charge in [-0.2, -0.15) is 5.26 Å². The van der Waals surface area contributed by atoms with Crippen molar-refractivity contribution in [3.63, 3.8) is 0 Å². The van der Waals surface area contributed by atoms with Crippen molar-refractivity contribution in [3.05, 3.63) is 78.8 Å². The third kappa shape index (κ3) is 3.73. The zero-order valence-corrected chi connectivity index (χ0v) is 15.5. The number of ether oxygens (including phenoxy) is 1. The highest BCUT2D eigenvalue weighted by Crippen LogP contribution is 2.33. The molecule has 0 radical (unpaired) electrons. The van der Waals surface area contributed by atoms with Crippen molar-refractivity contribution in [2.45, 2.75) is 32.0 Å². The molecular formula is C19H15FN4O3S. The van der Waals surface area contributed by atoms with Gasteiger partial charge in [0.05, 0.1) is 12.2 Å². The van der Waals surface area contributed by atoms with Crippen molar-refractivity contribution in [1.82, 2.24) is 14.1 Å². The number of benzene rings is 1. The SMILES string of the molecule is N#Cc1cn(C2CC2)c(=O)n(Cc2csc(COc3ccc(F)cc3)n2)c1=O. The van der Waals surface area contributed by atoms with Gasteiger partial charge >= 0.3 is 5.69 Å². The zero-order valence-electron chi connectivity index (χ0n) is 14.7. The predicted molar refractivity (Wildman–Crippen MR) is 99.9 cm³/mol. The van der Waals surface area contributed by atoms with Crippen molar-refractivity contribution in [3.8, 4) is 11.8 Å². The van der Waals surface area contributed by atoms with Crippen LogP contribution in [0.2, 0.25) is 0 Å². The van der Waals surface area contributed by atoms with Gasteiger partial charge in [0.15, 0.2) is 0 Å². The van der Waals surface area contributed by atoms with E-state index in [-0.39, 0.29) is 30.6 Å². The first kappa shape index (κ1) is 18.1. The minimum atomic E-state index is -0.610. The van der Waals surface area contributed by atoms with E-state index in [2.05, 4.69) is 4.98 Å². The van der Waals surface area contributed by atoms with Gasteiger partial charge in [0.25, 0.3) is 5.56 Å². The number of aromatic nitrogens is 3. The largest absolute Gasteiger partial charge is 0.486 e. The number of hydrogen-bond donors (Lipinski definition) is 0. The van der Waals surface area contributed by atoms with Gasteiger partial charge in [-0.15, -0.1) is 11.3 Å². The molecule has 2 aromatic heterocycles. The Balaban J connectivity index is 1.53. The molecule has 0 unspecified atom stereocenters. The van der Waals surface area contributed by atoms with Crippen LogP contribution in [-0.4, -0.2) is 14.1 Å². The Hall–Kier alpha value is -3.25. The van der Waals surface area contributed by atoms with Gasteiger partial charge in [0, 0.05) is 17.6 Å². The molecule has 4 rings (SSSR count). The molecule has 2 heterocycles. The van der Waals surface area contributed by atoms with E-state index in [4.69, 9.17) is 4.74 Å². The fraction of sp³-hybridized carbons (Fsp3) is 0.263. The van der Waals surface area contributed by atoms with Crippen LogP contribution in [0.3, 0.4) is 0 Å². The fourth-order valence-electron chi connectivity index (χ4n) is 2.78. The summed E-state index contributed by atoms with van der Waals surface area (Å²) in [5, 5.41) is 11.6. The summed E-state index contributed by atoms with van der Waals surface area (Å²) in [7, 11) is 0. The van der Waals surface area contributed by atoms with Crippen molar-refractivity contribution in [2.75, 3.05) is 0 Å². The maximum Gasteiger partial charge on any atom is 0.331 e. The van der Waals surface area contributed by atoms with Crippen LogP contribution < -0.4 is 16.0 Å². The van der Waals surface area contributed by atoms with Crippen LogP contribution in [0.4, 0.5) is 4.39 Å². The predicted octanol–water partition coefficient (Wildman–Crippen LogP) is 2.44. The molecule has 0 aliphatic heterocycles. The number of nitriles is 1. The molecule has 0 N–H and O–H groups in total. The molecular weight excluding hydrogens is 383 g/mol. The molecule has 0 atom stereocenters. The van der Waals surface area contributed by atoms with Crippen LogP contribution in [-0.2, 0) is 13.2 Å². The quantitative estimate of drug-likeness (QED) is 0.636. The fourth-order valence-corrected chi connectivity index (χ4v) is 3.47. The van der Waals surface area contributed by atoms with Gasteiger partial charge in [0.2, 0.25) is 0 Å². The molecule has 28 heavy (non-hydrogen) atoms. The summed E-state index contributed by atoms with van der Waals surface area (Å²) in [4.78, 5) is 29.4. The maximum atomic E-state index is 12.9. The van der Waals surface area contributed by atoms with E-state index < -0.39 is 11.2 Å². The lowest BCUT2D eigenvalue weighted by molar-refractivity contribution is 0.305. The lowest BCUT2D eigenvalue weighted by Gasteiger charge is -2.09. The second-order valence-corrected chi connectivity index (χ2v) is 7.38. The van der Waals surface area contributed by atoms with E-state index in [0.29, 0.717) is 16.5 Å². The third-order valence-corrected chi connectivity index (χ3v) is 5.22. The monoisotopic (exact) mass is 398 g/mol. The summed E-state index contributed by atoms with van der Waals surface area (Å²) in [5.41, 5.74) is -0.550. The molecule has 1 aliphatic carbocycles. The lowest BCUT2D eigenvalue weighted by atomic mass is 10.3. The number of nitrogens with zero attached hydrogens (tertiary/aromatic N) is 4. The molecule has 0 amide bonds. The van der Waals surface area contributed by atoms with Gasteiger partial charge in [-0.05, 0) is 37.1 Å². The second-order valence-electron chi connectivity index (χ2n) is 6.44. The molecule has 0 saturated heterocycles. The van der Waals surface area contributed by atoms with E-state index in [1.54, 1.807) is 5.38 Å². The van der Waals surface area contributed by atoms with Crippen molar-refractivity contribution in [2.24, 2.45) is 0 Å². The van der Waals surface area contributed by atoms with Crippen LogP contribution in [0.25, 0.3) is 0 Å². The molecule has 0 bridgehead atoms. The molecule has 1 saturated carbocycles. The van der Waals surface area contributed by atoms with Crippen LogP contribution in [0, 0.1) is 17.1 Å². The number of hydrogen-bond acceptors (Lipinski definition) is 6. The molecule has 7 nitrogen and oxygen atoms in total. The summed E-state index contributed by atoms with van der Waals surface area (Å²) in [6.45, 7) is 0.183. The van der Waals surface area contributed by atoms with Crippen LogP contribution in [0.1, 0.15) is 35.1 Å². The van der Waals surface area contributed by atoms with E-state index >= 15 is 0 Å². The summed E-state index contributed by atoms with van der Waals surface area (Å²) in [6, 6.07) is 7.58. The summed E-state index contributed by atoms with van der Waals surface area (Å²) < 4.78 is 21.0. The molecule has 0 spiro atoms. The summed E-state index contributed by atoms with van der Waals surface area (Å²) >= 11 is 1.34. The van der Waals surface area contributed by atoms with Gasteiger partial charge in [0.1, 0.15) is 34.8 Å². The van der Waals surface area contributed by atoms with Crippen LogP contribution in [0.15, 0.2) is 45.4 Å². The number of thiazole rings is 1. The minimum Gasteiger partial charge on any atom is -0.486 e. The Morgan fingerprint density at radius 3 is 2.71 bits per heavy atom. The van der Waals surface area contributed by atoms with Gasteiger partial charge in [-0.3, -0.25) is 13.9 Å². The number of rotatable bonds is 6. The zero-order chi connectivity index (χ0) is 19.7. The van der Waals surface area contributed by atoms with Crippen LogP contribution in [0.5, 0.6) is 5.75 Å². The van der Waals surface area contributed by atoms with E-state index in [1.807, 2.05) is 6.07 Å². The topological polar surface area (TPSA) is 89.9 Å². The minimum absolute atomic E-state index is 0.00699. The van der Waals surface area contributed by atoms with Gasteiger partial charge < -0.3 is 4.74 Å². The first-order valence-corrected chi connectivity index (χ1v) is 9.51. The van der Waals surface area contributed by atoms with Gasteiger partial charge in [-0.25, -0.2) is 14.2 Å². The van der Waals surface area contributed by atoms with Crippen molar-refractivity contribution in [1.29, 1.82) is 5.26 Å². The molecule has 1 aromatic carbocycles. The maximum absolute atomic E-state index is 12.9. The van der Waals surface area contributed by atoms with E-state index in [0.717, 1.165) is 17.4 Å². The molecule has 9 heteroatoms. The van der Waals surface area contributed by atoms with E-state index in [1.165, 1.54) is 46.4 Å². The highest BCUT2D eigenvalue weighted by Gasteiger charge is 2.27. The summed E-state index contributed by atoms with van der Waals surface area (Å²) in [6.07, 6.45) is 3.08. The number of halogens is 1. The van der Waals surface area contributed by atoms with Crippen molar-refractivity contribution < 1.29 is 9.13 Å². The Bertz CT molecular complexity index is 1170. The lowest BCUT2D eigenvalue weighted by Crippen LogP contribution is -2.41. The van der Waals surface area contributed by atoms with Crippen molar-refractivity contribution >= 4 is 11.3 Å². The average Bonchev–Trinajstić information content (AvgIpc) is 3.44. The Morgan fingerprint density at radius 2 is 2.04 bits per heavy atom. The normalized spacial score (nSPS) is 13.3. The summed E-state index contributed by atoms with van der Waals surface area (Å²) in [5.74, 6) is 0.175. The average molecular weight is 398 g/mol. The second kappa shape index (κ2) is 7.40. The first-order valence-electron chi connectivity index (χ1n) is 8.63. The molecule has 3 aromatic rings. The highest BCUT2D eigenvalue weighted by atomic mass is 32.1. The molecule has 142 valence electrons. The molecule has 1 fully saturated rings. The van der Waals surface area contributed by atoms with Crippen LogP contribution >= 0.6 is 11.3 Å². The smallest absolute Gasteiger partial charge is 0.331 e. The molecule has 1 aliphatic rings. The highest BCUT2D eigenvalue weighted by molar-refractivity contribution is 7.09. The van der Waals surface area contributed by atoms with Gasteiger partial charge in [-0.1, -0.05) is 0 Å². The first-order chi connectivity index (χ1) is 13.5. The Labute approximate surface area is 162 Å². The third-order valence-electron chi connectivity index (χ3n) is 4.35. The Kier molecular flexibility index (Phi) is 4.79. The standard InChI is InChI=1S/C19H15FN4O3S/c20-13-1-5-16(6-2-13)27-10-17-22-14(11-28-17)9-24-18(25)12(7-21)8-23(19(24)26)15-3-4-15/h1-2,5-6,8,11,15H,3-4,9-10H2. The van der Waals surface area contributed by atoms with E-state index in [9.17, 15) is 19.2 Å². The Morgan fingerprint density at radius 1 is 1.29 bits per heavy atom.